The standard InChI is InChI=1S/C17H25N3O5.C12H21NO4/c1-17(2,3)25-16(23)20-9-5-4-7-12(20)11-14(21)18-19-15(22)13-8-6-10-24-13;1-12(2,3)17-11(16)13-7-5-4-6-9(13)8-10(14)15/h6,8,10,12H,4-5,7,9,11H2,1-3H3,(H,18,21)(H,19,22);9H,4-8H2,1-3H3,(H,14,15). The molecule has 4 amide bonds. The van der Waals surface area contributed by atoms with E-state index in [1.807, 2.05) is 0 Å². The molecule has 2 aliphatic rings. The average molecular weight is 595 g/mol. The Labute approximate surface area is 247 Å². The molecule has 3 heterocycles. The molecule has 0 aromatic carbocycles. The van der Waals surface area contributed by atoms with Crippen molar-refractivity contribution >= 4 is 30.0 Å². The molecule has 2 unspecified atom stereocenters. The third-order valence-electron chi connectivity index (χ3n) is 6.40. The van der Waals surface area contributed by atoms with E-state index in [1.54, 1.807) is 57.4 Å². The van der Waals surface area contributed by atoms with Gasteiger partial charge in [0.1, 0.15) is 11.2 Å². The van der Waals surface area contributed by atoms with Gasteiger partial charge < -0.3 is 28.8 Å². The van der Waals surface area contributed by atoms with E-state index in [9.17, 15) is 24.0 Å². The predicted molar refractivity (Wildman–Crippen MR) is 152 cm³/mol. The monoisotopic (exact) mass is 594 g/mol. The number of hydrazine groups is 1. The Morgan fingerprint density at radius 2 is 1.33 bits per heavy atom. The molecule has 1 aromatic rings. The maximum absolute atomic E-state index is 12.3. The Kier molecular flexibility index (Phi) is 12.7. The Morgan fingerprint density at radius 3 is 1.76 bits per heavy atom. The number of nitrogens with zero attached hydrogens (tertiary/aromatic N) is 2. The number of nitrogens with one attached hydrogen (secondary N) is 2. The summed E-state index contributed by atoms with van der Waals surface area (Å²) in [6.07, 6.45) is 5.82. The lowest BCUT2D eigenvalue weighted by Crippen LogP contribution is -2.49. The number of carboxylic acids is 1. The van der Waals surface area contributed by atoms with Gasteiger partial charge in [0.25, 0.3) is 0 Å². The zero-order valence-electron chi connectivity index (χ0n) is 25.6. The first-order chi connectivity index (χ1) is 19.6. The maximum atomic E-state index is 12.3. The number of carbonyl (C=O) groups is 5. The summed E-state index contributed by atoms with van der Waals surface area (Å²) < 4.78 is 15.6. The summed E-state index contributed by atoms with van der Waals surface area (Å²) in [7, 11) is 0. The molecule has 3 rings (SSSR count). The van der Waals surface area contributed by atoms with Gasteiger partial charge in [0, 0.05) is 31.6 Å². The molecule has 0 saturated carbocycles. The molecule has 1 aromatic heterocycles. The fraction of sp³-hybridized carbons (Fsp3) is 0.690. The minimum Gasteiger partial charge on any atom is -0.481 e. The molecule has 2 aliphatic heterocycles. The largest absolute Gasteiger partial charge is 0.481 e. The molecule has 2 atom stereocenters. The third-order valence-corrected chi connectivity index (χ3v) is 6.40. The van der Waals surface area contributed by atoms with E-state index in [0.29, 0.717) is 13.1 Å². The van der Waals surface area contributed by atoms with Crippen molar-refractivity contribution in [3.8, 4) is 0 Å². The Hall–Kier alpha value is -3.77. The molecule has 2 fully saturated rings. The number of ether oxygens (including phenoxy) is 2. The zero-order valence-corrected chi connectivity index (χ0v) is 25.6. The van der Waals surface area contributed by atoms with E-state index < -0.39 is 35.3 Å². The normalized spacial score (nSPS) is 19.1. The topological polar surface area (TPSA) is 168 Å². The number of hydrogen-bond donors (Lipinski definition) is 3. The summed E-state index contributed by atoms with van der Waals surface area (Å²) in [6, 6.07) is 2.60. The first-order valence-electron chi connectivity index (χ1n) is 14.4. The van der Waals surface area contributed by atoms with Crippen LogP contribution in [0.25, 0.3) is 0 Å². The van der Waals surface area contributed by atoms with Gasteiger partial charge in [-0.2, -0.15) is 0 Å². The van der Waals surface area contributed by atoms with Gasteiger partial charge >= 0.3 is 24.1 Å². The maximum Gasteiger partial charge on any atom is 0.410 e. The minimum absolute atomic E-state index is 0.000751. The number of piperidine rings is 2. The van der Waals surface area contributed by atoms with Gasteiger partial charge in [-0.1, -0.05) is 0 Å². The number of hydrogen-bond acceptors (Lipinski definition) is 8. The quantitative estimate of drug-likeness (QED) is 0.417. The van der Waals surface area contributed by atoms with E-state index in [-0.39, 0.29) is 36.6 Å². The van der Waals surface area contributed by atoms with Crippen LogP contribution in [0.15, 0.2) is 22.8 Å². The van der Waals surface area contributed by atoms with Crippen molar-refractivity contribution < 1.29 is 43.0 Å². The number of likely N-dealkylation sites (tertiary alicyclic amines) is 2. The van der Waals surface area contributed by atoms with Crippen LogP contribution in [-0.4, -0.2) is 81.3 Å². The molecular weight excluding hydrogens is 548 g/mol. The average Bonchev–Trinajstić information content (AvgIpc) is 3.41. The first kappa shape index (κ1) is 34.4. The molecule has 0 spiro atoms. The summed E-state index contributed by atoms with van der Waals surface area (Å²) in [5.74, 6) is -1.68. The van der Waals surface area contributed by atoms with Crippen molar-refractivity contribution in [3.05, 3.63) is 24.2 Å². The SMILES string of the molecule is CC(C)(C)OC(=O)N1CCCCC1CC(=O)NNC(=O)c1ccco1.CC(C)(C)OC(=O)N1CCCCC1CC(=O)O. The summed E-state index contributed by atoms with van der Waals surface area (Å²) in [5.41, 5.74) is 3.51. The van der Waals surface area contributed by atoms with Gasteiger partial charge in [-0.15, -0.1) is 0 Å². The molecular formula is C29H46N4O9. The van der Waals surface area contributed by atoms with Crippen molar-refractivity contribution in [1.29, 1.82) is 0 Å². The van der Waals surface area contributed by atoms with E-state index in [4.69, 9.17) is 19.0 Å². The molecule has 0 aliphatic carbocycles. The lowest BCUT2D eigenvalue weighted by molar-refractivity contribution is -0.138. The summed E-state index contributed by atoms with van der Waals surface area (Å²) >= 11 is 0. The summed E-state index contributed by atoms with van der Waals surface area (Å²) in [5, 5.41) is 8.82. The van der Waals surface area contributed by atoms with Crippen LogP contribution in [0, 0.1) is 0 Å². The fourth-order valence-corrected chi connectivity index (χ4v) is 4.61. The molecule has 13 nitrogen and oxygen atoms in total. The van der Waals surface area contributed by atoms with Crippen LogP contribution < -0.4 is 10.9 Å². The molecule has 2 saturated heterocycles. The van der Waals surface area contributed by atoms with Crippen LogP contribution in [0.1, 0.15) is 103 Å². The van der Waals surface area contributed by atoms with Crippen molar-refractivity contribution in [2.45, 2.75) is 116 Å². The highest BCUT2D eigenvalue weighted by atomic mass is 16.6. The van der Waals surface area contributed by atoms with Gasteiger partial charge in [0.2, 0.25) is 5.91 Å². The minimum atomic E-state index is -0.870. The molecule has 0 radical (unpaired) electrons. The second kappa shape index (κ2) is 15.5. The number of amides is 4. The fourth-order valence-electron chi connectivity index (χ4n) is 4.61. The second-order valence-electron chi connectivity index (χ2n) is 12.4. The molecule has 13 heteroatoms. The Balaban J connectivity index is 0.000000317. The van der Waals surface area contributed by atoms with Crippen LogP contribution in [0.5, 0.6) is 0 Å². The van der Waals surface area contributed by atoms with Gasteiger partial charge in [-0.3, -0.25) is 25.2 Å². The van der Waals surface area contributed by atoms with Crippen LogP contribution in [-0.2, 0) is 19.1 Å². The number of rotatable bonds is 5. The van der Waals surface area contributed by atoms with Crippen LogP contribution in [0.4, 0.5) is 9.59 Å². The molecule has 236 valence electrons. The highest BCUT2D eigenvalue weighted by Crippen LogP contribution is 2.23. The zero-order chi connectivity index (χ0) is 31.5. The highest BCUT2D eigenvalue weighted by Gasteiger charge is 2.33. The lowest BCUT2D eigenvalue weighted by atomic mass is 9.99. The van der Waals surface area contributed by atoms with Crippen LogP contribution in [0.3, 0.4) is 0 Å². The number of carbonyl (C=O) groups excluding carboxylic acids is 4. The lowest BCUT2D eigenvalue weighted by Gasteiger charge is -2.36. The van der Waals surface area contributed by atoms with Crippen molar-refractivity contribution in [2.24, 2.45) is 0 Å². The first-order valence-corrected chi connectivity index (χ1v) is 14.4. The van der Waals surface area contributed by atoms with Gasteiger partial charge in [0.15, 0.2) is 5.76 Å². The number of aliphatic carboxylic acids is 1. The second-order valence-corrected chi connectivity index (χ2v) is 12.4. The number of furan rings is 1. The van der Waals surface area contributed by atoms with E-state index in [0.717, 1.165) is 38.5 Å². The van der Waals surface area contributed by atoms with E-state index in [2.05, 4.69) is 10.9 Å². The van der Waals surface area contributed by atoms with Crippen LogP contribution in [0.2, 0.25) is 0 Å². The number of carboxylic acid groups (broad SMARTS) is 1. The van der Waals surface area contributed by atoms with Gasteiger partial charge in [-0.05, 0) is 92.2 Å². The van der Waals surface area contributed by atoms with Gasteiger partial charge in [-0.25, -0.2) is 9.59 Å². The van der Waals surface area contributed by atoms with Crippen molar-refractivity contribution in [2.75, 3.05) is 13.1 Å². The summed E-state index contributed by atoms with van der Waals surface area (Å²) in [6.45, 7) is 12.0. The van der Waals surface area contributed by atoms with Crippen molar-refractivity contribution in [1.82, 2.24) is 20.7 Å². The van der Waals surface area contributed by atoms with E-state index in [1.165, 1.54) is 12.3 Å². The highest BCUT2D eigenvalue weighted by molar-refractivity contribution is 5.92. The smallest absolute Gasteiger partial charge is 0.410 e. The molecule has 0 bridgehead atoms. The van der Waals surface area contributed by atoms with Gasteiger partial charge in [0.05, 0.1) is 12.7 Å². The molecule has 42 heavy (non-hydrogen) atoms. The molecule has 3 N–H and O–H groups in total. The Morgan fingerprint density at radius 1 is 0.833 bits per heavy atom. The van der Waals surface area contributed by atoms with E-state index >= 15 is 0 Å². The summed E-state index contributed by atoms with van der Waals surface area (Å²) in [4.78, 5) is 62.0. The third kappa shape index (κ3) is 12.4. The Bertz CT molecular complexity index is 1060. The van der Waals surface area contributed by atoms with Crippen molar-refractivity contribution in [3.63, 3.8) is 0 Å². The predicted octanol–water partition coefficient (Wildman–Crippen LogP) is 4.47. The van der Waals surface area contributed by atoms with Crippen LogP contribution >= 0.6 is 0 Å².